The van der Waals surface area contributed by atoms with Crippen LogP contribution in [-0.4, -0.2) is 34.0 Å². The second-order valence-corrected chi connectivity index (χ2v) is 6.00. The first-order valence-electron chi connectivity index (χ1n) is 7.73. The topological polar surface area (TPSA) is 55.6 Å². The molecule has 2 aromatic rings. The number of fused-ring (bicyclic) bond motifs is 2. The Hall–Kier alpha value is -2.30. The lowest BCUT2D eigenvalue weighted by Gasteiger charge is -2.38. The van der Waals surface area contributed by atoms with E-state index in [-0.39, 0.29) is 24.1 Å². The third kappa shape index (κ3) is 2.36. The highest BCUT2D eigenvalue weighted by Gasteiger charge is 2.44. The molecule has 22 heavy (non-hydrogen) atoms. The Morgan fingerprint density at radius 2 is 1.91 bits per heavy atom. The van der Waals surface area contributed by atoms with Crippen LogP contribution in [0.4, 0.5) is 0 Å². The molecule has 5 heteroatoms. The second-order valence-electron chi connectivity index (χ2n) is 6.00. The highest BCUT2D eigenvalue weighted by Crippen LogP contribution is 2.38. The molecule has 2 aromatic heterocycles. The standard InChI is InChI=1S/C17H18N2O3/c20-17(12-5-8-21-11-12)19-13-1-2-14(19)10-16(9-13)22-15-3-6-18-7-4-15/h3-8,11,13-14,16H,1-2,9-10H2. The SMILES string of the molecule is O=C(c1ccoc1)N1C2CCC1CC(Oc1ccncc1)C2. The van der Waals surface area contributed by atoms with Crippen molar-refractivity contribution >= 4 is 5.91 Å². The molecule has 4 rings (SSSR count). The fraction of sp³-hybridized carbons (Fsp3) is 0.412. The number of piperidine rings is 1. The number of pyridine rings is 1. The molecule has 0 N–H and O–H groups in total. The van der Waals surface area contributed by atoms with Gasteiger partial charge in [-0.15, -0.1) is 0 Å². The Kier molecular flexibility index (Phi) is 3.33. The number of furan rings is 1. The van der Waals surface area contributed by atoms with E-state index in [1.807, 2.05) is 17.0 Å². The Morgan fingerprint density at radius 3 is 2.55 bits per heavy atom. The molecule has 5 nitrogen and oxygen atoms in total. The van der Waals surface area contributed by atoms with Gasteiger partial charge in [-0.2, -0.15) is 0 Å². The first-order chi connectivity index (χ1) is 10.8. The van der Waals surface area contributed by atoms with Gasteiger partial charge in [0.25, 0.3) is 5.91 Å². The Balaban J connectivity index is 1.47. The third-order valence-electron chi connectivity index (χ3n) is 4.64. The van der Waals surface area contributed by atoms with Gasteiger partial charge in [-0.25, -0.2) is 0 Å². The maximum Gasteiger partial charge on any atom is 0.257 e. The Morgan fingerprint density at radius 1 is 1.18 bits per heavy atom. The highest BCUT2D eigenvalue weighted by molar-refractivity contribution is 5.94. The van der Waals surface area contributed by atoms with Gasteiger partial charge < -0.3 is 14.1 Å². The minimum Gasteiger partial charge on any atom is -0.490 e. The minimum atomic E-state index is 0.0867. The van der Waals surface area contributed by atoms with Crippen molar-refractivity contribution in [3.05, 3.63) is 48.7 Å². The number of nitrogens with zero attached hydrogens (tertiary/aromatic N) is 2. The monoisotopic (exact) mass is 298 g/mol. The number of carbonyl (C=O) groups excluding carboxylic acids is 1. The molecule has 0 radical (unpaired) electrons. The van der Waals surface area contributed by atoms with Crippen LogP contribution >= 0.6 is 0 Å². The molecule has 2 fully saturated rings. The van der Waals surface area contributed by atoms with Crippen LogP contribution in [0.3, 0.4) is 0 Å². The molecule has 2 saturated heterocycles. The first kappa shape index (κ1) is 13.4. The third-order valence-corrected chi connectivity index (χ3v) is 4.64. The smallest absolute Gasteiger partial charge is 0.257 e. The number of rotatable bonds is 3. The van der Waals surface area contributed by atoms with Crippen LogP contribution in [0, 0.1) is 0 Å². The molecular weight excluding hydrogens is 280 g/mol. The number of hydrogen-bond donors (Lipinski definition) is 0. The van der Waals surface area contributed by atoms with Crippen LogP contribution in [-0.2, 0) is 0 Å². The van der Waals surface area contributed by atoms with Gasteiger partial charge in [-0.05, 0) is 31.0 Å². The first-order valence-corrected chi connectivity index (χ1v) is 7.73. The van der Waals surface area contributed by atoms with Crippen molar-refractivity contribution in [2.24, 2.45) is 0 Å². The molecule has 0 aliphatic carbocycles. The molecule has 2 bridgehead atoms. The van der Waals surface area contributed by atoms with E-state index in [4.69, 9.17) is 9.15 Å². The summed E-state index contributed by atoms with van der Waals surface area (Å²) in [5, 5.41) is 0. The molecule has 2 aliphatic heterocycles. The Bertz CT molecular complexity index is 627. The van der Waals surface area contributed by atoms with Crippen LogP contribution in [0.2, 0.25) is 0 Å². The van der Waals surface area contributed by atoms with E-state index in [9.17, 15) is 4.79 Å². The lowest BCUT2D eigenvalue weighted by atomic mass is 9.98. The van der Waals surface area contributed by atoms with Gasteiger partial charge in [-0.3, -0.25) is 9.78 Å². The number of aromatic nitrogens is 1. The fourth-order valence-electron chi connectivity index (χ4n) is 3.70. The van der Waals surface area contributed by atoms with Gasteiger partial charge in [-0.1, -0.05) is 0 Å². The molecular formula is C17H18N2O3. The summed E-state index contributed by atoms with van der Waals surface area (Å²) in [7, 11) is 0. The van der Waals surface area contributed by atoms with E-state index in [2.05, 4.69) is 4.98 Å². The van der Waals surface area contributed by atoms with E-state index in [1.165, 1.54) is 6.26 Å². The van der Waals surface area contributed by atoms with E-state index in [1.54, 1.807) is 24.7 Å². The number of amides is 1. The van der Waals surface area contributed by atoms with Crippen LogP contribution in [0.5, 0.6) is 5.75 Å². The van der Waals surface area contributed by atoms with E-state index >= 15 is 0 Å². The number of ether oxygens (including phenoxy) is 1. The zero-order chi connectivity index (χ0) is 14.9. The Labute approximate surface area is 128 Å². The summed E-state index contributed by atoms with van der Waals surface area (Å²) in [6.45, 7) is 0. The summed E-state index contributed by atoms with van der Waals surface area (Å²) in [4.78, 5) is 18.6. The van der Waals surface area contributed by atoms with Gasteiger partial charge >= 0.3 is 0 Å². The normalized spacial score (nSPS) is 26.9. The molecule has 1 amide bonds. The summed E-state index contributed by atoms with van der Waals surface area (Å²) in [5.74, 6) is 0.942. The quantitative estimate of drug-likeness (QED) is 0.874. The van der Waals surface area contributed by atoms with Crippen molar-refractivity contribution in [1.29, 1.82) is 0 Å². The lowest BCUT2D eigenvalue weighted by molar-refractivity contribution is 0.0358. The molecule has 114 valence electrons. The van der Waals surface area contributed by atoms with E-state index < -0.39 is 0 Å². The van der Waals surface area contributed by atoms with Crippen molar-refractivity contribution < 1.29 is 13.9 Å². The minimum absolute atomic E-state index is 0.0867. The van der Waals surface area contributed by atoms with Crippen LogP contribution in [0.25, 0.3) is 0 Å². The summed E-state index contributed by atoms with van der Waals surface area (Å²) >= 11 is 0. The molecule has 0 aromatic carbocycles. The van der Waals surface area contributed by atoms with Gasteiger partial charge in [0.1, 0.15) is 18.1 Å². The summed E-state index contributed by atoms with van der Waals surface area (Å²) in [5.41, 5.74) is 0.644. The van der Waals surface area contributed by atoms with Gasteiger partial charge in [0.2, 0.25) is 0 Å². The predicted octanol–water partition coefficient (Wildman–Crippen LogP) is 2.89. The van der Waals surface area contributed by atoms with Crippen molar-refractivity contribution in [1.82, 2.24) is 9.88 Å². The number of carbonyl (C=O) groups is 1. The van der Waals surface area contributed by atoms with E-state index in [0.29, 0.717) is 5.56 Å². The summed E-state index contributed by atoms with van der Waals surface area (Å²) in [6.07, 6.45) is 10.6. The fourth-order valence-corrected chi connectivity index (χ4v) is 3.70. The van der Waals surface area contributed by atoms with E-state index in [0.717, 1.165) is 31.4 Å². The van der Waals surface area contributed by atoms with Crippen LogP contribution < -0.4 is 4.74 Å². The van der Waals surface area contributed by atoms with Crippen LogP contribution in [0.1, 0.15) is 36.0 Å². The largest absolute Gasteiger partial charge is 0.490 e. The van der Waals surface area contributed by atoms with Gasteiger partial charge in [0, 0.05) is 37.3 Å². The van der Waals surface area contributed by atoms with Crippen molar-refractivity contribution in [3.8, 4) is 5.75 Å². The molecule has 4 heterocycles. The van der Waals surface area contributed by atoms with Crippen molar-refractivity contribution in [2.75, 3.05) is 0 Å². The molecule has 0 spiro atoms. The lowest BCUT2D eigenvalue weighted by Crippen LogP contribution is -2.49. The molecule has 0 saturated carbocycles. The average molecular weight is 298 g/mol. The zero-order valence-electron chi connectivity index (χ0n) is 12.2. The van der Waals surface area contributed by atoms with Crippen molar-refractivity contribution in [2.45, 2.75) is 43.9 Å². The van der Waals surface area contributed by atoms with Gasteiger partial charge in [0.05, 0.1) is 11.8 Å². The summed E-state index contributed by atoms with van der Waals surface area (Å²) < 4.78 is 11.1. The highest BCUT2D eigenvalue weighted by atomic mass is 16.5. The zero-order valence-corrected chi connectivity index (χ0v) is 12.2. The number of hydrogen-bond acceptors (Lipinski definition) is 4. The second kappa shape index (κ2) is 5.48. The maximum atomic E-state index is 12.6. The average Bonchev–Trinajstić information content (AvgIpc) is 3.15. The summed E-state index contributed by atoms with van der Waals surface area (Å²) in [6, 6.07) is 6.04. The van der Waals surface area contributed by atoms with Crippen molar-refractivity contribution in [3.63, 3.8) is 0 Å². The van der Waals surface area contributed by atoms with Gasteiger partial charge in [0.15, 0.2) is 0 Å². The molecule has 2 atom stereocenters. The van der Waals surface area contributed by atoms with Crippen LogP contribution in [0.15, 0.2) is 47.5 Å². The molecule has 2 aliphatic rings. The molecule has 2 unspecified atom stereocenters. The maximum absolute atomic E-state index is 12.6. The predicted molar refractivity (Wildman–Crippen MR) is 79.6 cm³/mol.